The second kappa shape index (κ2) is 9.16. The average Bonchev–Trinajstić information content (AvgIpc) is 2.79. The second-order valence-corrected chi connectivity index (χ2v) is 8.03. The Bertz CT molecular complexity index is 961. The average molecular weight is 403 g/mol. The molecule has 5 nitrogen and oxygen atoms in total. The minimum atomic E-state index is 0.0350. The number of nitrogens with zero attached hydrogens (tertiary/aromatic N) is 2. The summed E-state index contributed by atoms with van der Waals surface area (Å²) >= 11 is 0. The van der Waals surface area contributed by atoms with Gasteiger partial charge in [0.05, 0.1) is 0 Å². The second-order valence-electron chi connectivity index (χ2n) is 8.03. The molecule has 5 heteroatoms. The first-order valence-corrected chi connectivity index (χ1v) is 10.9. The quantitative estimate of drug-likeness (QED) is 0.573. The van der Waals surface area contributed by atoms with Crippen LogP contribution in [-0.4, -0.2) is 31.3 Å². The molecule has 30 heavy (non-hydrogen) atoms. The smallest absolute Gasteiger partial charge is 0.249 e. The molecule has 1 saturated heterocycles. The Morgan fingerprint density at radius 3 is 2.83 bits per heavy atom. The van der Waals surface area contributed by atoms with Gasteiger partial charge in [-0.3, -0.25) is 9.79 Å². The lowest BCUT2D eigenvalue weighted by molar-refractivity contribution is -0.118. The summed E-state index contributed by atoms with van der Waals surface area (Å²) < 4.78 is 0. The third-order valence-electron chi connectivity index (χ3n) is 5.98. The van der Waals surface area contributed by atoms with Crippen LogP contribution in [0.5, 0.6) is 0 Å². The van der Waals surface area contributed by atoms with Crippen LogP contribution in [0.15, 0.2) is 76.7 Å². The Labute approximate surface area is 179 Å². The van der Waals surface area contributed by atoms with Gasteiger partial charge in [-0.25, -0.2) is 0 Å². The van der Waals surface area contributed by atoms with Crippen molar-refractivity contribution in [3.05, 3.63) is 77.3 Å². The van der Waals surface area contributed by atoms with Crippen molar-refractivity contribution in [2.24, 2.45) is 4.99 Å². The first kappa shape index (κ1) is 20.2. The van der Waals surface area contributed by atoms with Gasteiger partial charge in [-0.05, 0) is 50.3 Å². The maximum absolute atomic E-state index is 11.9. The molecule has 2 N–H and O–H groups in total. The van der Waals surface area contributed by atoms with Gasteiger partial charge in [0, 0.05) is 66.2 Å². The van der Waals surface area contributed by atoms with E-state index < -0.39 is 0 Å². The summed E-state index contributed by atoms with van der Waals surface area (Å²) in [4.78, 5) is 19.1. The summed E-state index contributed by atoms with van der Waals surface area (Å²) in [6.45, 7) is 9.15. The Hall–Kier alpha value is -3.08. The molecule has 0 radical (unpaired) electrons. The minimum absolute atomic E-state index is 0.0350. The van der Waals surface area contributed by atoms with E-state index in [0.29, 0.717) is 13.0 Å². The monoisotopic (exact) mass is 402 g/mol. The van der Waals surface area contributed by atoms with Crippen LogP contribution in [0, 0.1) is 0 Å². The number of rotatable bonds is 5. The Morgan fingerprint density at radius 1 is 1.20 bits per heavy atom. The minimum Gasteiger partial charge on any atom is -0.371 e. The van der Waals surface area contributed by atoms with E-state index in [9.17, 15) is 4.79 Å². The molecule has 156 valence electrons. The predicted molar refractivity (Wildman–Crippen MR) is 123 cm³/mol. The molecule has 3 aliphatic rings. The molecule has 1 aromatic carbocycles. The highest BCUT2D eigenvalue weighted by Crippen LogP contribution is 2.26. The van der Waals surface area contributed by atoms with Crippen LogP contribution < -0.4 is 15.5 Å². The number of amides is 1. The fourth-order valence-corrected chi connectivity index (χ4v) is 4.27. The molecule has 0 spiro atoms. The first-order chi connectivity index (χ1) is 14.6. The highest BCUT2D eigenvalue weighted by Gasteiger charge is 2.23. The summed E-state index contributed by atoms with van der Waals surface area (Å²) in [6.07, 6.45) is 11.1. The molecule has 1 amide bonds. The number of anilines is 1. The molecule has 0 aromatic heterocycles. The van der Waals surface area contributed by atoms with Gasteiger partial charge in [0.1, 0.15) is 0 Å². The number of carbonyl (C=O) groups excluding carboxylic acids is 1. The summed E-state index contributed by atoms with van der Waals surface area (Å²) in [7, 11) is 0. The summed E-state index contributed by atoms with van der Waals surface area (Å²) in [5.41, 5.74) is 7.14. The molecule has 3 heterocycles. The number of carbonyl (C=O) groups is 1. The van der Waals surface area contributed by atoms with Gasteiger partial charge >= 0.3 is 0 Å². The third kappa shape index (κ3) is 4.40. The molecular weight excluding hydrogens is 372 g/mol. The van der Waals surface area contributed by atoms with Gasteiger partial charge < -0.3 is 15.5 Å². The van der Waals surface area contributed by atoms with Crippen molar-refractivity contribution in [1.82, 2.24) is 10.6 Å². The SMILES string of the molecule is C=C(/C=C\N=C(C)c1ccccc1N1CCCCC1)C1=CCC2=C(CCNC2=O)N1. The maximum Gasteiger partial charge on any atom is 0.249 e. The van der Waals surface area contributed by atoms with Crippen LogP contribution >= 0.6 is 0 Å². The summed E-state index contributed by atoms with van der Waals surface area (Å²) in [5.74, 6) is 0.0350. The zero-order chi connectivity index (χ0) is 20.9. The molecule has 0 atom stereocenters. The lowest BCUT2D eigenvalue weighted by atomic mass is 9.97. The zero-order valence-corrected chi connectivity index (χ0v) is 17.7. The normalized spacial score (nSPS) is 19.9. The molecule has 3 aliphatic heterocycles. The number of aliphatic imine (C=N–C) groups is 1. The van der Waals surface area contributed by atoms with Crippen LogP contribution in [0.25, 0.3) is 0 Å². The topological polar surface area (TPSA) is 56.7 Å². The molecule has 4 rings (SSSR count). The molecule has 0 unspecified atom stereocenters. The fourth-order valence-electron chi connectivity index (χ4n) is 4.27. The van der Waals surface area contributed by atoms with Gasteiger partial charge in [-0.2, -0.15) is 0 Å². The van der Waals surface area contributed by atoms with E-state index in [2.05, 4.69) is 53.3 Å². The number of nitrogens with one attached hydrogen (secondary N) is 2. The van der Waals surface area contributed by atoms with Crippen LogP contribution in [0.3, 0.4) is 0 Å². The molecule has 1 aromatic rings. The number of benzene rings is 1. The first-order valence-electron chi connectivity index (χ1n) is 10.9. The van der Waals surface area contributed by atoms with Crippen molar-refractivity contribution >= 4 is 17.3 Å². The molecule has 0 bridgehead atoms. The number of piperidine rings is 1. The highest BCUT2D eigenvalue weighted by atomic mass is 16.1. The molecular formula is C25H30N4O. The van der Waals surface area contributed by atoms with E-state index in [1.54, 1.807) is 0 Å². The van der Waals surface area contributed by atoms with Crippen molar-refractivity contribution in [3.8, 4) is 0 Å². The Morgan fingerprint density at radius 2 is 2.00 bits per heavy atom. The van der Waals surface area contributed by atoms with Crippen LogP contribution in [-0.2, 0) is 4.79 Å². The van der Waals surface area contributed by atoms with Gasteiger partial charge in [0.2, 0.25) is 5.91 Å². The fraction of sp³-hybridized carbons (Fsp3) is 0.360. The largest absolute Gasteiger partial charge is 0.371 e. The standard InChI is InChI=1S/C25H30N4O/c1-18(22-11-10-21-23(28-22)13-15-27-25(21)30)12-14-26-19(2)20-8-4-5-9-24(20)29-16-6-3-7-17-29/h4-5,8-9,11-12,14,28H,1,3,6-7,10,13,15-17H2,2H3,(H,27,30)/b14-12-,26-19?. The molecule has 0 saturated carbocycles. The number of para-hydroxylation sites is 1. The van der Waals surface area contributed by atoms with Gasteiger partial charge in [-0.15, -0.1) is 0 Å². The van der Waals surface area contributed by atoms with Crippen LogP contribution in [0.4, 0.5) is 5.69 Å². The number of hydrogen-bond donors (Lipinski definition) is 2. The zero-order valence-electron chi connectivity index (χ0n) is 17.7. The number of dihydropyridines is 1. The van der Waals surface area contributed by atoms with Crippen molar-refractivity contribution in [2.45, 2.75) is 39.0 Å². The number of hydrogen-bond acceptors (Lipinski definition) is 4. The van der Waals surface area contributed by atoms with E-state index >= 15 is 0 Å². The van der Waals surface area contributed by atoms with Crippen molar-refractivity contribution < 1.29 is 4.79 Å². The summed E-state index contributed by atoms with van der Waals surface area (Å²) in [6, 6.07) is 8.53. The Kier molecular flexibility index (Phi) is 6.17. The van der Waals surface area contributed by atoms with Gasteiger partial charge in [0.15, 0.2) is 0 Å². The van der Waals surface area contributed by atoms with E-state index in [4.69, 9.17) is 4.99 Å². The highest BCUT2D eigenvalue weighted by molar-refractivity contribution is 6.04. The van der Waals surface area contributed by atoms with Gasteiger partial charge in [-0.1, -0.05) is 30.9 Å². The predicted octanol–water partition coefficient (Wildman–Crippen LogP) is 4.21. The van der Waals surface area contributed by atoms with Crippen LogP contribution in [0.2, 0.25) is 0 Å². The van der Waals surface area contributed by atoms with E-state index in [1.807, 2.05) is 18.4 Å². The Balaban J connectivity index is 1.44. The van der Waals surface area contributed by atoms with Crippen molar-refractivity contribution in [3.63, 3.8) is 0 Å². The summed E-state index contributed by atoms with van der Waals surface area (Å²) in [5, 5.41) is 6.27. The van der Waals surface area contributed by atoms with Gasteiger partial charge in [0.25, 0.3) is 0 Å². The molecule has 0 aliphatic carbocycles. The van der Waals surface area contributed by atoms with Crippen molar-refractivity contribution in [1.29, 1.82) is 0 Å². The van der Waals surface area contributed by atoms with E-state index in [1.165, 1.54) is 30.5 Å². The lowest BCUT2D eigenvalue weighted by Crippen LogP contribution is -2.36. The third-order valence-corrected chi connectivity index (χ3v) is 5.98. The van der Waals surface area contributed by atoms with Crippen molar-refractivity contribution in [2.75, 3.05) is 24.5 Å². The van der Waals surface area contributed by atoms with Crippen LogP contribution in [0.1, 0.15) is 44.6 Å². The molecule has 1 fully saturated rings. The lowest BCUT2D eigenvalue weighted by Gasteiger charge is -2.30. The maximum atomic E-state index is 11.9. The number of allylic oxidation sites excluding steroid dienone is 2. The van der Waals surface area contributed by atoms with E-state index in [0.717, 1.165) is 47.8 Å². The van der Waals surface area contributed by atoms with E-state index in [-0.39, 0.29) is 5.91 Å².